The fourth-order valence-electron chi connectivity index (χ4n) is 3.16. The Morgan fingerprint density at radius 3 is 2.67 bits per heavy atom. The van der Waals surface area contributed by atoms with Crippen LogP contribution >= 0.6 is 15.9 Å². The number of hydrogen-bond donors (Lipinski definition) is 1. The molecule has 1 aliphatic heterocycles. The lowest BCUT2D eigenvalue weighted by molar-refractivity contribution is 0.172. The van der Waals surface area contributed by atoms with Crippen molar-refractivity contribution in [2.45, 2.75) is 20.0 Å². The van der Waals surface area contributed by atoms with Gasteiger partial charge in [-0.15, -0.1) is 0 Å². The number of guanidine groups is 1. The van der Waals surface area contributed by atoms with Gasteiger partial charge >= 0.3 is 0 Å². The number of aromatic nitrogens is 2. The predicted octanol–water partition coefficient (Wildman–Crippen LogP) is 2.61. The van der Waals surface area contributed by atoms with Gasteiger partial charge in [-0.3, -0.25) is 9.58 Å². The molecule has 1 aromatic carbocycles. The van der Waals surface area contributed by atoms with Crippen molar-refractivity contribution in [2.24, 2.45) is 12.0 Å². The van der Waals surface area contributed by atoms with Crippen LogP contribution in [0, 0.1) is 5.82 Å². The van der Waals surface area contributed by atoms with Crippen LogP contribution < -0.4 is 5.32 Å². The summed E-state index contributed by atoms with van der Waals surface area (Å²) in [4.78, 5) is 9.40. The lowest BCUT2D eigenvalue weighted by Gasteiger charge is -2.36. The minimum absolute atomic E-state index is 0.205. The molecule has 0 radical (unpaired) electrons. The lowest BCUT2D eigenvalue weighted by Crippen LogP contribution is -2.52. The van der Waals surface area contributed by atoms with E-state index in [1.807, 2.05) is 25.5 Å². The van der Waals surface area contributed by atoms with Crippen molar-refractivity contribution in [3.63, 3.8) is 0 Å². The van der Waals surface area contributed by atoms with Crippen molar-refractivity contribution in [3.8, 4) is 0 Å². The maximum atomic E-state index is 13.7. The SMILES string of the molecule is CCNC(=NCc1cnn(C)c1)N1CCN(Cc2ccc(Br)c(F)c2)CC1. The van der Waals surface area contributed by atoms with E-state index >= 15 is 0 Å². The van der Waals surface area contributed by atoms with Crippen molar-refractivity contribution < 1.29 is 4.39 Å². The third kappa shape index (κ3) is 5.52. The molecule has 0 bridgehead atoms. The van der Waals surface area contributed by atoms with E-state index < -0.39 is 0 Å². The van der Waals surface area contributed by atoms with E-state index in [4.69, 9.17) is 4.99 Å². The number of nitrogens with one attached hydrogen (secondary N) is 1. The van der Waals surface area contributed by atoms with Gasteiger partial charge in [0.05, 0.1) is 17.2 Å². The summed E-state index contributed by atoms with van der Waals surface area (Å²) in [5.74, 6) is 0.735. The Labute approximate surface area is 168 Å². The average molecular weight is 437 g/mol. The first-order chi connectivity index (χ1) is 13.0. The fourth-order valence-corrected chi connectivity index (χ4v) is 3.41. The highest BCUT2D eigenvalue weighted by atomic mass is 79.9. The molecule has 1 saturated heterocycles. The number of nitrogens with zero attached hydrogens (tertiary/aromatic N) is 5. The quantitative estimate of drug-likeness (QED) is 0.577. The van der Waals surface area contributed by atoms with Gasteiger partial charge in [-0.1, -0.05) is 6.07 Å². The maximum Gasteiger partial charge on any atom is 0.194 e. The normalized spacial score (nSPS) is 16.0. The molecule has 1 aromatic heterocycles. The molecule has 146 valence electrons. The molecule has 0 unspecified atom stereocenters. The summed E-state index contributed by atoms with van der Waals surface area (Å²) in [7, 11) is 1.91. The molecule has 27 heavy (non-hydrogen) atoms. The monoisotopic (exact) mass is 436 g/mol. The number of piperazine rings is 1. The first-order valence-corrected chi connectivity index (χ1v) is 10.0. The van der Waals surface area contributed by atoms with E-state index in [1.54, 1.807) is 16.8 Å². The molecule has 3 rings (SSSR count). The van der Waals surface area contributed by atoms with E-state index in [2.05, 4.69) is 43.1 Å². The smallest absolute Gasteiger partial charge is 0.194 e. The van der Waals surface area contributed by atoms with Crippen LogP contribution in [0.2, 0.25) is 0 Å². The van der Waals surface area contributed by atoms with Crippen molar-refractivity contribution >= 4 is 21.9 Å². The maximum absolute atomic E-state index is 13.7. The summed E-state index contributed by atoms with van der Waals surface area (Å²) in [6.45, 7) is 7.96. The highest BCUT2D eigenvalue weighted by molar-refractivity contribution is 9.10. The van der Waals surface area contributed by atoms with Gasteiger partial charge < -0.3 is 10.2 Å². The van der Waals surface area contributed by atoms with Gasteiger partial charge in [-0.25, -0.2) is 9.38 Å². The molecule has 1 fully saturated rings. The van der Waals surface area contributed by atoms with Crippen LogP contribution in [0.25, 0.3) is 0 Å². The molecular formula is C19H26BrFN6. The fraction of sp³-hybridized carbons (Fsp3) is 0.474. The average Bonchev–Trinajstić information content (AvgIpc) is 3.08. The molecule has 0 amide bonds. The van der Waals surface area contributed by atoms with E-state index in [-0.39, 0.29) is 5.82 Å². The first-order valence-electron chi connectivity index (χ1n) is 9.22. The van der Waals surface area contributed by atoms with Crippen molar-refractivity contribution in [2.75, 3.05) is 32.7 Å². The van der Waals surface area contributed by atoms with E-state index in [1.165, 1.54) is 0 Å². The zero-order valence-electron chi connectivity index (χ0n) is 15.8. The molecular weight excluding hydrogens is 411 g/mol. The number of aliphatic imine (C=N–C) groups is 1. The van der Waals surface area contributed by atoms with Crippen LogP contribution in [0.15, 0.2) is 40.1 Å². The van der Waals surface area contributed by atoms with Crippen LogP contribution in [0.5, 0.6) is 0 Å². The van der Waals surface area contributed by atoms with Gasteiger partial charge in [0.25, 0.3) is 0 Å². The number of aryl methyl sites for hydroxylation is 1. The lowest BCUT2D eigenvalue weighted by atomic mass is 10.2. The van der Waals surface area contributed by atoms with E-state index in [0.29, 0.717) is 11.0 Å². The van der Waals surface area contributed by atoms with Crippen LogP contribution in [-0.4, -0.2) is 58.3 Å². The summed E-state index contributed by atoms with van der Waals surface area (Å²) in [5, 5.41) is 7.57. The molecule has 1 N–H and O–H groups in total. The molecule has 6 nitrogen and oxygen atoms in total. The second-order valence-corrected chi connectivity index (χ2v) is 7.56. The molecule has 8 heteroatoms. The summed E-state index contributed by atoms with van der Waals surface area (Å²) in [6, 6.07) is 5.35. The van der Waals surface area contributed by atoms with Crippen molar-refractivity contribution in [1.82, 2.24) is 24.9 Å². The minimum atomic E-state index is -0.205. The highest BCUT2D eigenvalue weighted by Crippen LogP contribution is 2.18. The molecule has 0 saturated carbocycles. The van der Waals surface area contributed by atoms with Gasteiger partial charge in [0.2, 0.25) is 0 Å². The number of halogens is 2. The summed E-state index contributed by atoms with van der Waals surface area (Å²) in [6.07, 6.45) is 3.84. The Morgan fingerprint density at radius 1 is 1.26 bits per heavy atom. The zero-order chi connectivity index (χ0) is 19.2. The van der Waals surface area contributed by atoms with Gasteiger partial charge in [0.15, 0.2) is 5.96 Å². The molecule has 1 aliphatic rings. The van der Waals surface area contributed by atoms with E-state index in [0.717, 1.165) is 56.4 Å². The standard InChI is InChI=1S/C19H26BrFN6/c1-3-22-19(23-11-16-12-24-25(2)13-16)27-8-6-26(7-9-27)14-15-4-5-17(20)18(21)10-15/h4-5,10,12-13H,3,6-9,11,14H2,1-2H3,(H,22,23). The summed E-state index contributed by atoms with van der Waals surface area (Å²) < 4.78 is 16.0. The van der Waals surface area contributed by atoms with Crippen LogP contribution in [-0.2, 0) is 20.1 Å². The third-order valence-electron chi connectivity index (χ3n) is 4.57. The molecule has 0 aliphatic carbocycles. The highest BCUT2D eigenvalue weighted by Gasteiger charge is 2.20. The Kier molecular flexibility index (Phi) is 6.84. The Balaban J connectivity index is 1.55. The summed E-state index contributed by atoms with van der Waals surface area (Å²) in [5.41, 5.74) is 2.10. The Hall–Kier alpha value is -1.93. The number of hydrogen-bond acceptors (Lipinski definition) is 3. The second-order valence-electron chi connectivity index (χ2n) is 6.70. The number of rotatable bonds is 5. The Bertz CT molecular complexity index is 782. The minimum Gasteiger partial charge on any atom is -0.357 e. The first kappa shape index (κ1) is 19.8. The van der Waals surface area contributed by atoms with Crippen molar-refractivity contribution in [1.29, 1.82) is 0 Å². The van der Waals surface area contributed by atoms with Gasteiger partial charge in [-0.2, -0.15) is 5.10 Å². The Morgan fingerprint density at radius 2 is 2.04 bits per heavy atom. The summed E-state index contributed by atoms with van der Waals surface area (Å²) >= 11 is 3.21. The second kappa shape index (κ2) is 9.32. The zero-order valence-corrected chi connectivity index (χ0v) is 17.4. The van der Waals surface area contributed by atoms with Crippen LogP contribution in [0.3, 0.4) is 0 Å². The van der Waals surface area contributed by atoms with Crippen LogP contribution in [0.4, 0.5) is 4.39 Å². The van der Waals surface area contributed by atoms with E-state index in [9.17, 15) is 4.39 Å². The molecule has 0 spiro atoms. The molecule has 2 aromatic rings. The predicted molar refractivity (Wildman–Crippen MR) is 109 cm³/mol. The number of benzene rings is 1. The van der Waals surface area contributed by atoms with Gasteiger partial charge in [0.1, 0.15) is 5.82 Å². The third-order valence-corrected chi connectivity index (χ3v) is 5.21. The largest absolute Gasteiger partial charge is 0.357 e. The van der Waals surface area contributed by atoms with Gasteiger partial charge in [-0.05, 0) is 40.5 Å². The molecule has 2 heterocycles. The topological polar surface area (TPSA) is 48.7 Å². The van der Waals surface area contributed by atoms with Gasteiger partial charge in [0, 0.05) is 58.1 Å². The molecule has 0 atom stereocenters. The van der Waals surface area contributed by atoms with Crippen LogP contribution in [0.1, 0.15) is 18.1 Å². The van der Waals surface area contributed by atoms with Crippen molar-refractivity contribution in [3.05, 3.63) is 52.0 Å².